The fourth-order valence-electron chi connectivity index (χ4n) is 3.58. The van der Waals surface area contributed by atoms with Gasteiger partial charge in [-0.2, -0.15) is 0 Å². The van der Waals surface area contributed by atoms with Crippen molar-refractivity contribution in [3.05, 3.63) is 22.4 Å². The van der Waals surface area contributed by atoms with Gasteiger partial charge in [0.05, 0.1) is 0 Å². The summed E-state index contributed by atoms with van der Waals surface area (Å²) in [7, 11) is 1.91. The molecule has 1 amide bonds. The SMILES string of the molecule is Cn1cc(Br)cc1C(=O)N1CC2CCCC(N)C2C1. The number of aryl methyl sites for hydroxylation is 1. The molecule has 2 N–H and O–H groups in total. The lowest BCUT2D eigenvalue weighted by molar-refractivity contribution is 0.0774. The zero-order valence-electron chi connectivity index (χ0n) is 11.2. The summed E-state index contributed by atoms with van der Waals surface area (Å²) in [6, 6.07) is 2.17. The second-order valence-electron chi connectivity index (χ2n) is 5.88. The number of aromatic nitrogens is 1. The van der Waals surface area contributed by atoms with Crippen molar-refractivity contribution in [3.8, 4) is 0 Å². The van der Waals surface area contributed by atoms with Crippen LogP contribution in [-0.2, 0) is 7.05 Å². The van der Waals surface area contributed by atoms with E-state index >= 15 is 0 Å². The highest BCUT2D eigenvalue weighted by atomic mass is 79.9. The molecule has 2 heterocycles. The molecule has 0 aromatic carbocycles. The molecular weight excluding hydrogens is 306 g/mol. The Morgan fingerprint density at radius 1 is 1.42 bits per heavy atom. The van der Waals surface area contributed by atoms with Crippen LogP contribution in [0, 0.1) is 11.8 Å². The van der Waals surface area contributed by atoms with E-state index in [2.05, 4.69) is 15.9 Å². The normalized spacial score (nSPS) is 30.5. The number of amides is 1. The van der Waals surface area contributed by atoms with Crippen LogP contribution >= 0.6 is 15.9 Å². The number of hydrogen-bond donors (Lipinski definition) is 1. The van der Waals surface area contributed by atoms with Gasteiger partial charge in [0.1, 0.15) is 5.69 Å². The molecule has 1 saturated heterocycles. The van der Waals surface area contributed by atoms with E-state index in [1.807, 2.05) is 28.8 Å². The fourth-order valence-corrected chi connectivity index (χ4v) is 4.11. The van der Waals surface area contributed by atoms with E-state index in [1.54, 1.807) is 0 Å². The summed E-state index contributed by atoms with van der Waals surface area (Å²) in [6.07, 6.45) is 5.46. The average molecular weight is 326 g/mol. The molecule has 0 radical (unpaired) electrons. The van der Waals surface area contributed by atoms with Crippen molar-refractivity contribution < 1.29 is 4.79 Å². The predicted molar refractivity (Wildman–Crippen MR) is 77.8 cm³/mol. The summed E-state index contributed by atoms with van der Waals surface area (Å²) in [5, 5.41) is 0. The second-order valence-corrected chi connectivity index (χ2v) is 6.80. The van der Waals surface area contributed by atoms with Gasteiger partial charge >= 0.3 is 0 Å². The van der Waals surface area contributed by atoms with Crippen LogP contribution in [0.4, 0.5) is 0 Å². The van der Waals surface area contributed by atoms with E-state index in [0.717, 1.165) is 29.7 Å². The molecule has 1 aliphatic carbocycles. The quantitative estimate of drug-likeness (QED) is 0.858. The van der Waals surface area contributed by atoms with Crippen molar-refractivity contribution in [2.45, 2.75) is 25.3 Å². The molecule has 104 valence electrons. The highest BCUT2D eigenvalue weighted by molar-refractivity contribution is 9.10. The molecular formula is C14H20BrN3O. The minimum atomic E-state index is 0.134. The number of hydrogen-bond acceptors (Lipinski definition) is 2. The number of nitrogens with zero attached hydrogens (tertiary/aromatic N) is 2. The van der Waals surface area contributed by atoms with Gasteiger partial charge in [0.15, 0.2) is 0 Å². The minimum Gasteiger partial charge on any atom is -0.345 e. The third-order valence-corrected chi connectivity index (χ3v) is 5.07. The van der Waals surface area contributed by atoms with Crippen LogP contribution in [0.2, 0.25) is 0 Å². The summed E-state index contributed by atoms with van der Waals surface area (Å²) in [6.45, 7) is 1.70. The Hall–Kier alpha value is -0.810. The number of rotatable bonds is 1. The summed E-state index contributed by atoms with van der Waals surface area (Å²) in [5.41, 5.74) is 6.95. The van der Waals surface area contributed by atoms with Gasteiger partial charge in [-0.15, -0.1) is 0 Å². The highest BCUT2D eigenvalue weighted by Gasteiger charge is 2.40. The van der Waals surface area contributed by atoms with E-state index in [1.165, 1.54) is 12.8 Å². The molecule has 3 atom stereocenters. The number of fused-ring (bicyclic) bond motifs is 1. The number of carbonyl (C=O) groups is 1. The lowest BCUT2D eigenvalue weighted by Crippen LogP contribution is -2.38. The molecule has 2 fully saturated rings. The van der Waals surface area contributed by atoms with Crippen molar-refractivity contribution in [3.63, 3.8) is 0 Å². The first-order chi connectivity index (χ1) is 9.06. The van der Waals surface area contributed by atoms with Gasteiger partial charge in [0.2, 0.25) is 0 Å². The van der Waals surface area contributed by atoms with Crippen LogP contribution in [0.5, 0.6) is 0 Å². The van der Waals surface area contributed by atoms with E-state index in [0.29, 0.717) is 11.8 Å². The summed E-state index contributed by atoms with van der Waals surface area (Å²) < 4.78 is 2.83. The standard InChI is InChI=1S/C14H20BrN3O/c1-17-7-10(15)5-13(17)14(19)18-6-9-3-2-4-12(16)11(9)8-18/h5,7,9,11-12H,2-4,6,8,16H2,1H3. The molecule has 1 aromatic rings. The molecule has 1 saturated carbocycles. The molecule has 4 nitrogen and oxygen atoms in total. The Balaban J connectivity index is 1.77. The van der Waals surface area contributed by atoms with Crippen LogP contribution < -0.4 is 5.73 Å². The third kappa shape index (κ3) is 2.34. The zero-order valence-corrected chi connectivity index (χ0v) is 12.8. The van der Waals surface area contributed by atoms with Crippen molar-refractivity contribution in [2.75, 3.05) is 13.1 Å². The van der Waals surface area contributed by atoms with Gasteiger partial charge < -0.3 is 15.2 Å². The van der Waals surface area contributed by atoms with Crippen LogP contribution in [0.1, 0.15) is 29.8 Å². The van der Waals surface area contributed by atoms with E-state index in [9.17, 15) is 4.79 Å². The van der Waals surface area contributed by atoms with Crippen molar-refractivity contribution >= 4 is 21.8 Å². The van der Waals surface area contributed by atoms with Crippen LogP contribution in [0.25, 0.3) is 0 Å². The Morgan fingerprint density at radius 3 is 2.84 bits per heavy atom. The lowest BCUT2D eigenvalue weighted by atomic mass is 9.78. The first kappa shape index (κ1) is 13.2. The average Bonchev–Trinajstić information content (AvgIpc) is 2.93. The van der Waals surface area contributed by atoms with Crippen LogP contribution in [-0.4, -0.2) is 34.5 Å². The summed E-state index contributed by atoms with van der Waals surface area (Å²) >= 11 is 3.42. The summed E-state index contributed by atoms with van der Waals surface area (Å²) in [4.78, 5) is 14.6. The molecule has 19 heavy (non-hydrogen) atoms. The summed E-state index contributed by atoms with van der Waals surface area (Å²) in [5.74, 6) is 1.24. The van der Waals surface area contributed by atoms with Gasteiger partial charge in [-0.3, -0.25) is 4.79 Å². The second kappa shape index (κ2) is 4.94. The fraction of sp³-hybridized carbons (Fsp3) is 0.643. The van der Waals surface area contributed by atoms with Crippen molar-refractivity contribution in [1.29, 1.82) is 0 Å². The molecule has 1 aliphatic heterocycles. The monoisotopic (exact) mass is 325 g/mol. The topological polar surface area (TPSA) is 51.3 Å². The number of halogens is 1. The largest absolute Gasteiger partial charge is 0.345 e. The third-order valence-electron chi connectivity index (χ3n) is 4.63. The molecule has 0 spiro atoms. The molecule has 0 bridgehead atoms. The first-order valence-corrected chi connectivity index (χ1v) is 7.72. The molecule has 2 aliphatic rings. The number of carbonyl (C=O) groups excluding carboxylic acids is 1. The maximum atomic E-state index is 12.6. The van der Waals surface area contributed by atoms with Crippen molar-refractivity contribution in [2.24, 2.45) is 24.6 Å². The first-order valence-electron chi connectivity index (χ1n) is 6.93. The molecule has 3 unspecified atom stereocenters. The number of likely N-dealkylation sites (tertiary alicyclic amines) is 1. The number of nitrogens with two attached hydrogens (primary N) is 1. The van der Waals surface area contributed by atoms with Crippen LogP contribution in [0.3, 0.4) is 0 Å². The Labute approximate surface area is 122 Å². The lowest BCUT2D eigenvalue weighted by Gasteiger charge is -2.29. The van der Waals surface area contributed by atoms with Gasteiger partial charge in [-0.1, -0.05) is 6.42 Å². The smallest absolute Gasteiger partial charge is 0.270 e. The maximum absolute atomic E-state index is 12.6. The van der Waals surface area contributed by atoms with E-state index in [-0.39, 0.29) is 11.9 Å². The minimum absolute atomic E-state index is 0.134. The zero-order chi connectivity index (χ0) is 13.6. The maximum Gasteiger partial charge on any atom is 0.270 e. The van der Waals surface area contributed by atoms with Gasteiger partial charge in [0.25, 0.3) is 5.91 Å². The van der Waals surface area contributed by atoms with E-state index < -0.39 is 0 Å². The highest BCUT2D eigenvalue weighted by Crippen LogP contribution is 2.36. The van der Waals surface area contributed by atoms with Crippen molar-refractivity contribution in [1.82, 2.24) is 9.47 Å². The van der Waals surface area contributed by atoms with Gasteiger partial charge in [-0.05, 0) is 46.7 Å². The Bertz CT molecular complexity index is 499. The van der Waals surface area contributed by atoms with E-state index in [4.69, 9.17) is 5.73 Å². The van der Waals surface area contributed by atoms with Gasteiger partial charge in [0, 0.05) is 36.8 Å². The Kier molecular flexibility index (Phi) is 3.43. The Morgan fingerprint density at radius 2 is 2.21 bits per heavy atom. The molecule has 3 rings (SSSR count). The van der Waals surface area contributed by atoms with Crippen LogP contribution in [0.15, 0.2) is 16.7 Å². The molecule has 1 aromatic heterocycles. The predicted octanol–water partition coefficient (Wildman–Crippen LogP) is 1.99. The van der Waals surface area contributed by atoms with Gasteiger partial charge in [-0.25, -0.2) is 0 Å². The molecule has 5 heteroatoms.